The van der Waals surface area contributed by atoms with Crippen LogP contribution in [-0.4, -0.2) is 40.8 Å². The maximum atomic E-state index is 12.5. The molecule has 0 bridgehead atoms. The number of fused-ring (bicyclic) bond motifs is 2. The molecule has 32 heavy (non-hydrogen) atoms. The van der Waals surface area contributed by atoms with Gasteiger partial charge in [-0.25, -0.2) is 4.98 Å². The molecule has 1 aromatic carbocycles. The van der Waals surface area contributed by atoms with Crippen LogP contribution in [0.1, 0.15) is 31.2 Å². The number of ether oxygens (including phenoxy) is 2. The van der Waals surface area contributed by atoms with Crippen LogP contribution in [0.2, 0.25) is 0 Å². The number of hydrogen-bond acceptors (Lipinski definition) is 8. The van der Waals surface area contributed by atoms with Gasteiger partial charge in [-0.3, -0.25) is 4.79 Å². The molecule has 164 valence electrons. The Balaban J connectivity index is 1.48. The number of benzene rings is 1. The van der Waals surface area contributed by atoms with Crippen LogP contribution in [0, 0.1) is 17.2 Å². The maximum absolute atomic E-state index is 12.5. The number of hydrogen-bond donors (Lipinski definition) is 3. The number of carbonyl (C=O) groups excluding carboxylic acids is 1. The van der Waals surface area contributed by atoms with Crippen LogP contribution in [0.5, 0.6) is 11.5 Å². The lowest BCUT2D eigenvalue weighted by molar-refractivity contribution is -0.117. The zero-order valence-electron chi connectivity index (χ0n) is 17.6. The molecule has 1 amide bonds. The molecule has 2 aliphatic rings. The van der Waals surface area contributed by atoms with Gasteiger partial charge in [0.15, 0.2) is 17.1 Å². The van der Waals surface area contributed by atoms with Crippen LogP contribution < -0.4 is 25.4 Å². The molecular formula is C22H23N7O3. The van der Waals surface area contributed by atoms with E-state index in [-0.39, 0.29) is 5.91 Å². The average Bonchev–Trinajstić information content (AvgIpc) is 3.18. The summed E-state index contributed by atoms with van der Waals surface area (Å²) in [5, 5.41) is 23.0. The molecule has 1 saturated carbocycles. The van der Waals surface area contributed by atoms with Crippen molar-refractivity contribution in [3.63, 3.8) is 0 Å². The van der Waals surface area contributed by atoms with Gasteiger partial charge in [0.05, 0.1) is 23.5 Å². The van der Waals surface area contributed by atoms with Gasteiger partial charge < -0.3 is 25.4 Å². The molecule has 10 nitrogen and oxygen atoms in total. The lowest BCUT2D eigenvalue weighted by Crippen LogP contribution is -2.20. The molecule has 0 unspecified atom stereocenters. The molecule has 1 aliphatic heterocycles. The van der Waals surface area contributed by atoms with Crippen molar-refractivity contribution in [2.75, 3.05) is 36.2 Å². The molecule has 3 heterocycles. The number of nitrogens with one attached hydrogen (secondary N) is 3. The Morgan fingerprint density at radius 2 is 2.09 bits per heavy atom. The van der Waals surface area contributed by atoms with Crippen LogP contribution >= 0.6 is 0 Å². The Bertz CT molecular complexity index is 1230. The number of nitriles is 1. The Morgan fingerprint density at radius 1 is 1.25 bits per heavy atom. The molecule has 0 radical (unpaired) electrons. The molecule has 3 aromatic rings. The minimum atomic E-state index is -0.0305. The zero-order valence-corrected chi connectivity index (χ0v) is 17.6. The molecule has 10 heteroatoms. The molecule has 3 N–H and O–H groups in total. The Morgan fingerprint density at radius 3 is 2.84 bits per heavy atom. The number of aromatic nitrogens is 3. The first kappa shape index (κ1) is 19.9. The first-order chi connectivity index (χ1) is 15.6. The van der Waals surface area contributed by atoms with Crippen molar-refractivity contribution in [2.45, 2.75) is 25.7 Å². The van der Waals surface area contributed by atoms with Crippen molar-refractivity contribution >= 4 is 34.6 Å². The monoisotopic (exact) mass is 433 g/mol. The van der Waals surface area contributed by atoms with Gasteiger partial charge in [-0.15, -0.1) is 0 Å². The molecule has 2 aromatic heterocycles. The minimum absolute atomic E-state index is 0.0305. The first-order valence-corrected chi connectivity index (χ1v) is 10.6. The van der Waals surface area contributed by atoms with Gasteiger partial charge in [-0.1, -0.05) is 6.42 Å². The molecule has 0 spiro atoms. The largest absolute Gasteiger partial charge is 0.486 e. The predicted octanol–water partition coefficient (Wildman–Crippen LogP) is 3.29. The van der Waals surface area contributed by atoms with Gasteiger partial charge >= 0.3 is 0 Å². The quantitative estimate of drug-likeness (QED) is 0.541. The van der Waals surface area contributed by atoms with E-state index in [1.165, 1.54) is 6.42 Å². The van der Waals surface area contributed by atoms with Crippen LogP contribution in [0.3, 0.4) is 0 Å². The lowest BCUT2D eigenvalue weighted by atomic mass is 9.83. The van der Waals surface area contributed by atoms with E-state index >= 15 is 0 Å². The Labute approximate surface area is 184 Å². The molecule has 1 fully saturated rings. The predicted molar refractivity (Wildman–Crippen MR) is 119 cm³/mol. The van der Waals surface area contributed by atoms with Crippen molar-refractivity contribution in [3.8, 4) is 17.6 Å². The van der Waals surface area contributed by atoms with Gasteiger partial charge in [0.2, 0.25) is 5.91 Å². The average molecular weight is 433 g/mol. The fraction of sp³-hybridized carbons (Fsp3) is 0.364. The summed E-state index contributed by atoms with van der Waals surface area (Å²) >= 11 is 0. The fourth-order valence-electron chi connectivity index (χ4n) is 3.90. The summed E-state index contributed by atoms with van der Waals surface area (Å²) in [6, 6.07) is 7.27. The fourth-order valence-corrected chi connectivity index (χ4v) is 3.90. The summed E-state index contributed by atoms with van der Waals surface area (Å²) in [4.78, 5) is 17.1. The third-order valence-corrected chi connectivity index (χ3v) is 5.73. The van der Waals surface area contributed by atoms with Crippen molar-refractivity contribution in [1.82, 2.24) is 14.6 Å². The number of anilines is 4. The van der Waals surface area contributed by atoms with E-state index in [1.54, 1.807) is 36.0 Å². The van der Waals surface area contributed by atoms with Gasteiger partial charge in [0, 0.05) is 25.6 Å². The summed E-state index contributed by atoms with van der Waals surface area (Å²) in [5.41, 5.74) is 2.07. The van der Waals surface area contributed by atoms with Gasteiger partial charge in [0.1, 0.15) is 30.5 Å². The Hall–Kier alpha value is -4.00. The van der Waals surface area contributed by atoms with E-state index in [4.69, 9.17) is 9.47 Å². The highest BCUT2D eigenvalue weighted by molar-refractivity contribution is 5.94. The highest BCUT2D eigenvalue weighted by Crippen LogP contribution is 2.40. The Kier molecular flexibility index (Phi) is 5.15. The topological polar surface area (TPSA) is 126 Å². The van der Waals surface area contributed by atoms with Gasteiger partial charge in [-0.05, 0) is 24.8 Å². The third kappa shape index (κ3) is 3.73. The summed E-state index contributed by atoms with van der Waals surface area (Å²) in [6.45, 7) is 0.844. The van der Waals surface area contributed by atoms with E-state index in [1.807, 2.05) is 0 Å². The second-order valence-electron chi connectivity index (χ2n) is 7.90. The number of amides is 1. The number of carbonyl (C=O) groups is 1. The van der Waals surface area contributed by atoms with Crippen LogP contribution in [0.4, 0.5) is 23.0 Å². The normalized spacial score (nSPS) is 15.0. The van der Waals surface area contributed by atoms with Crippen LogP contribution in [-0.2, 0) is 4.79 Å². The van der Waals surface area contributed by atoms with Crippen molar-refractivity contribution in [2.24, 2.45) is 5.92 Å². The molecule has 0 atom stereocenters. The van der Waals surface area contributed by atoms with E-state index in [0.717, 1.165) is 12.8 Å². The highest BCUT2D eigenvalue weighted by atomic mass is 16.6. The molecule has 5 rings (SSSR count). The van der Waals surface area contributed by atoms with Crippen molar-refractivity contribution in [3.05, 3.63) is 30.0 Å². The molecular weight excluding hydrogens is 410 g/mol. The standard InChI is InChI=1S/C22H23N7O3/c1-24-19-10-18(26-15-7-14(11-23)8-17-21(15)32-6-5-31-17)28-22-16(12-25-29(19)22)27-20(30)9-13-3-2-4-13/h7-8,10,12-13,24H,2-6,9H2,1H3,(H,26,28)(H,27,30). The van der Waals surface area contributed by atoms with E-state index in [0.29, 0.717) is 71.3 Å². The number of nitrogens with zero attached hydrogens (tertiary/aromatic N) is 4. The minimum Gasteiger partial charge on any atom is -0.486 e. The summed E-state index contributed by atoms with van der Waals surface area (Å²) in [7, 11) is 1.78. The number of rotatable bonds is 6. The molecule has 0 saturated heterocycles. The highest BCUT2D eigenvalue weighted by Gasteiger charge is 2.22. The lowest BCUT2D eigenvalue weighted by Gasteiger charge is -2.24. The van der Waals surface area contributed by atoms with E-state index in [2.05, 4.69) is 32.1 Å². The van der Waals surface area contributed by atoms with Gasteiger partial charge in [0.25, 0.3) is 0 Å². The SMILES string of the molecule is CNc1cc(Nc2cc(C#N)cc3c2OCCO3)nc2c(NC(=O)CC3CCC3)cnn12. The van der Waals surface area contributed by atoms with Crippen molar-refractivity contribution < 1.29 is 14.3 Å². The summed E-state index contributed by atoms with van der Waals surface area (Å²) in [6.07, 6.45) is 5.52. The second-order valence-corrected chi connectivity index (χ2v) is 7.90. The summed E-state index contributed by atoms with van der Waals surface area (Å²) < 4.78 is 13.0. The third-order valence-electron chi connectivity index (χ3n) is 5.73. The molecule has 1 aliphatic carbocycles. The van der Waals surface area contributed by atoms with Crippen LogP contribution in [0.15, 0.2) is 24.4 Å². The second kappa shape index (κ2) is 8.26. The van der Waals surface area contributed by atoms with Crippen molar-refractivity contribution in [1.29, 1.82) is 5.26 Å². The van der Waals surface area contributed by atoms with E-state index in [9.17, 15) is 10.1 Å². The first-order valence-electron chi connectivity index (χ1n) is 10.6. The smallest absolute Gasteiger partial charge is 0.224 e. The zero-order chi connectivity index (χ0) is 22.1. The van der Waals surface area contributed by atoms with Gasteiger partial charge in [-0.2, -0.15) is 14.9 Å². The maximum Gasteiger partial charge on any atom is 0.224 e. The van der Waals surface area contributed by atoms with E-state index < -0.39 is 0 Å². The summed E-state index contributed by atoms with van der Waals surface area (Å²) in [5.74, 6) is 2.67. The van der Waals surface area contributed by atoms with Crippen LogP contribution in [0.25, 0.3) is 5.65 Å².